The number of pyridine rings is 1. The number of aliphatic hydroxyl groups is 1. The number of benzene rings is 1. The van der Waals surface area contributed by atoms with Crippen LogP contribution in [-0.4, -0.2) is 42.5 Å². The molecule has 1 atom stereocenters. The molecule has 3 aromatic heterocycles. The fourth-order valence-electron chi connectivity index (χ4n) is 4.24. The van der Waals surface area contributed by atoms with Crippen LogP contribution < -0.4 is 16.4 Å². The second-order valence-corrected chi connectivity index (χ2v) is 7.83. The number of nitrogen functional groups attached to an aromatic ring is 1. The Bertz CT molecular complexity index is 1550. The summed E-state index contributed by atoms with van der Waals surface area (Å²) in [6.45, 7) is 4.55. The minimum absolute atomic E-state index is 0.290. The smallest absolute Gasteiger partial charge is 0.299 e. The lowest BCUT2D eigenvalue weighted by Gasteiger charge is -2.13. The standard InChI is InChI=1S/C25H19N7O3/c1-14-17(30-19(34)9-11-33)12-32-22(14)20(21-23(26)28-13-29-24(21)32)15-5-7-16(8-6-15)25(35)31-18-4-2-3-10-27-18/h2-8,10,13,17,33H,1,12H2,(H,30,34)(H2,26,28,29)(H,27,31,35)/t17-/m1/s1. The lowest BCUT2D eigenvalue weighted by Crippen LogP contribution is -2.34. The van der Waals surface area contributed by atoms with E-state index >= 15 is 0 Å². The molecular formula is C25H19N7O3. The van der Waals surface area contributed by atoms with Crippen LogP contribution in [0.25, 0.3) is 27.7 Å². The van der Waals surface area contributed by atoms with E-state index in [4.69, 9.17) is 10.8 Å². The maximum absolute atomic E-state index is 12.6. The van der Waals surface area contributed by atoms with Gasteiger partial charge in [-0.25, -0.2) is 15.0 Å². The first-order valence-electron chi connectivity index (χ1n) is 10.6. The van der Waals surface area contributed by atoms with Crippen molar-refractivity contribution in [2.24, 2.45) is 0 Å². The molecule has 0 radical (unpaired) electrons. The van der Waals surface area contributed by atoms with Crippen molar-refractivity contribution in [3.63, 3.8) is 0 Å². The van der Waals surface area contributed by atoms with E-state index in [-0.39, 0.29) is 5.91 Å². The summed E-state index contributed by atoms with van der Waals surface area (Å²) in [7, 11) is 0. The van der Waals surface area contributed by atoms with Gasteiger partial charge < -0.3 is 26.0 Å². The molecule has 4 aromatic rings. The van der Waals surface area contributed by atoms with Gasteiger partial charge in [-0.15, -0.1) is 0 Å². The first kappa shape index (κ1) is 21.7. The molecule has 0 spiro atoms. The van der Waals surface area contributed by atoms with Crippen molar-refractivity contribution in [2.75, 3.05) is 11.1 Å². The second-order valence-electron chi connectivity index (χ2n) is 7.83. The Hall–Kier alpha value is -5.17. The van der Waals surface area contributed by atoms with E-state index in [9.17, 15) is 9.59 Å². The van der Waals surface area contributed by atoms with Gasteiger partial charge in [0.25, 0.3) is 11.8 Å². The van der Waals surface area contributed by atoms with Crippen LogP contribution in [0.1, 0.15) is 16.1 Å². The van der Waals surface area contributed by atoms with Gasteiger partial charge in [-0.2, -0.15) is 0 Å². The van der Waals surface area contributed by atoms with Crippen LogP contribution in [0.4, 0.5) is 11.6 Å². The number of rotatable bonds is 4. The molecule has 0 bridgehead atoms. The lowest BCUT2D eigenvalue weighted by molar-refractivity contribution is -0.116. The van der Waals surface area contributed by atoms with E-state index in [2.05, 4.69) is 38.1 Å². The average molecular weight is 465 g/mol. The summed E-state index contributed by atoms with van der Waals surface area (Å²) in [5.41, 5.74) is 10.2. The Labute approximate surface area is 199 Å². The SMILES string of the molecule is C=C1c2c(-c3ccc(C(=O)Nc4ccccn4)cc3)c3c(N)ncnc3n2C[C@H]1NC(=O)C#CO. The summed E-state index contributed by atoms with van der Waals surface area (Å²) in [6, 6.07) is 11.9. The minimum Gasteiger partial charge on any atom is -0.462 e. The Morgan fingerprint density at radius 3 is 2.66 bits per heavy atom. The van der Waals surface area contributed by atoms with Crippen molar-refractivity contribution in [3.8, 4) is 23.2 Å². The molecule has 0 unspecified atom stereocenters. The molecule has 2 amide bonds. The Kier molecular flexibility index (Phi) is 5.35. The first-order valence-corrected chi connectivity index (χ1v) is 10.6. The number of amides is 2. The van der Waals surface area contributed by atoms with E-state index in [0.717, 1.165) is 16.8 Å². The number of nitrogens with two attached hydrogens (primary N) is 1. The van der Waals surface area contributed by atoms with Gasteiger partial charge in [-0.1, -0.05) is 24.8 Å². The molecule has 10 heteroatoms. The summed E-state index contributed by atoms with van der Waals surface area (Å²) >= 11 is 0. The molecule has 5 rings (SSSR count). The van der Waals surface area contributed by atoms with E-state index in [0.29, 0.717) is 40.4 Å². The lowest BCUT2D eigenvalue weighted by atomic mass is 9.97. The molecule has 1 aliphatic rings. The molecule has 0 saturated carbocycles. The number of hydrogen-bond acceptors (Lipinski definition) is 7. The summed E-state index contributed by atoms with van der Waals surface area (Å²) < 4.78 is 1.92. The second kappa shape index (κ2) is 8.64. The van der Waals surface area contributed by atoms with Crippen molar-refractivity contribution in [2.45, 2.75) is 12.6 Å². The number of carbonyl (C=O) groups excluding carboxylic acids is 2. The zero-order valence-corrected chi connectivity index (χ0v) is 18.3. The highest BCUT2D eigenvalue weighted by molar-refractivity contribution is 6.08. The number of aliphatic hydroxyl groups excluding tert-OH is 1. The van der Waals surface area contributed by atoms with Crippen molar-refractivity contribution < 1.29 is 14.7 Å². The summed E-state index contributed by atoms with van der Waals surface area (Å²) in [4.78, 5) is 37.3. The summed E-state index contributed by atoms with van der Waals surface area (Å²) in [5, 5.41) is 14.9. The fourth-order valence-corrected chi connectivity index (χ4v) is 4.24. The largest absolute Gasteiger partial charge is 0.462 e. The molecule has 1 aliphatic heterocycles. The number of fused-ring (bicyclic) bond motifs is 3. The highest BCUT2D eigenvalue weighted by Gasteiger charge is 2.34. The predicted octanol–water partition coefficient (Wildman–Crippen LogP) is 2.17. The Balaban J connectivity index is 1.53. The van der Waals surface area contributed by atoms with E-state index < -0.39 is 11.9 Å². The van der Waals surface area contributed by atoms with E-state index in [1.54, 1.807) is 42.6 Å². The van der Waals surface area contributed by atoms with Crippen molar-refractivity contribution >= 4 is 40.1 Å². The van der Waals surface area contributed by atoms with Crippen LogP contribution in [0.2, 0.25) is 0 Å². The minimum atomic E-state index is -0.618. The molecule has 0 aliphatic carbocycles. The van der Waals surface area contributed by atoms with Gasteiger partial charge in [0.15, 0.2) is 0 Å². The molecule has 0 saturated heterocycles. The number of anilines is 2. The summed E-state index contributed by atoms with van der Waals surface area (Å²) in [5.74, 6) is 1.91. The van der Waals surface area contributed by atoms with Crippen molar-refractivity contribution in [1.29, 1.82) is 0 Å². The van der Waals surface area contributed by atoms with Gasteiger partial charge in [0.2, 0.25) is 0 Å². The highest BCUT2D eigenvalue weighted by Crippen LogP contribution is 2.43. The van der Waals surface area contributed by atoms with E-state index in [1.165, 1.54) is 6.33 Å². The van der Waals surface area contributed by atoms with Crippen LogP contribution in [0.5, 0.6) is 0 Å². The van der Waals surface area contributed by atoms with Crippen LogP contribution >= 0.6 is 0 Å². The topological polar surface area (TPSA) is 148 Å². The average Bonchev–Trinajstić information content (AvgIpc) is 3.35. The maximum Gasteiger partial charge on any atom is 0.299 e. The van der Waals surface area contributed by atoms with Crippen LogP contribution in [0.15, 0.2) is 61.6 Å². The molecule has 172 valence electrons. The van der Waals surface area contributed by atoms with Gasteiger partial charge in [-0.3, -0.25) is 9.59 Å². The van der Waals surface area contributed by atoms with Crippen molar-refractivity contribution in [3.05, 3.63) is 72.8 Å². The van der Waals surface area contributed by atoms with E-state index in [1.807, 2.05) is 16.7 Å². The Morgan fingerprint density at radius 1 is 1.14 bits per heavy atom. The first-order chi connectivity index (χ1) is 17.0. The normalized spacial score (nSPS) is 14.2. The Morgan fingerprint density at radius 2 is 1.94 bits per heavy atom. The monoisotopic (exact) mass is 465 g/mol. The fraction of sp³-hybridized carbons (Fsp3) is 0.0800. The third-order valence-corrected chi connectivity index (χ3v) is 5.78. The molecule has 10 nitrogen and oxygen atoms in total. The quantitative estimate of drug-likeness (QED) is 0.338. The number of nitrogens with zero attached hydrogens (tertiary/aromatic N) is 4. The number of nitrogens with one attached hydrogen (secondary N) is 2. The summed E-state index contributed by atoms with van der Waals surface area (Å²) in [6.07, 6.45) is 4.58. The third-order valence-electron chi connectivity index (χ3n) is 5.78. The number of hydrogen-bond donors (Lipinski definition) is 4. The zero-order valence-electron chi connectivity index (χ0n) is 18.3. The third kappa shape index (κ3) is 3.81. The molecular weight excluding hydrogens is 446 g/mol. The molecule has 4 heterocycles. The predicted molar refractivity (Wildman–Crippen MR) is 130 cm³/mol. The van der Waals surface area contributed by atoms with Gasteiger partial charge in [0.05, 0.1) is 17.1 Å². The zero-order chi connectivity index (χ0) is 24.5. The van der Waals surface area contributed by atoms with Crippen LogP contribution in [0.3, 0.4) is 0 Å². The van der Waals surface area contributed by atoms with Crippen LogP contribution in [0, 0.1) is 12.0 Å². The number of aromatic nitrogens is 4. The molecule has 0 fully saturated rings. The van der Waals surface area contributed by atoms with Gasteiger partial charge >= 0.3 is 0 Å². The van der Waals surface area contributed by atoms with Gasteiger partial charge in [0, 0.05) is 29.8 Å². The van der Waals surface area contributed by atoms with Crippen LogP contribution in [-0.2, 0) is 11.3 Å². The maximum atomic E-state index is 12.6. The van der Waals surface area contributed by atoms with Crippen molar-refractivity contribution in [1.82, 2.24) is 24.8 Å². The van der Waals surface area contributed by atoms with Gasteiger partial charge in [-0.05, 0) is 35.4 Å². The van der Waals surface area contributed by atoms with Gasteiger partial charge in [0.1, 0.15) is 29.7 Å². The molecule has 35 heavy (non-hydrogen) atoms. The highest BCUT2D eigenvalue weighted by atomic mass is 16.2. The number of carbonyl (C=O) groups is 2. The molecule has 5 N–H and O–H groups in total. The molecule has 1 aromatic carbocycles.